The average Bonchev–Trinajstić information content (AvgIpc) is 2.06. The fourth-order valence-corrected chi connectivity index (χ4v) is 1.12. The molecule has 0 saturated carbocycles. The SMILES string of the molecule is C[CH]Nc1ccccc1CC. The predicted molar refractivity (Wildman–Crippen MR) is 49.4 cm³/mol. The van der Waals surface area contributed by atoms with Gasteiger partial charge in [0.2, 0.25) is 0 Å². The topological polar surface area (TPSA) is 12.0 Å². The molecule has 1 aromatic rings. The molecule has 0 amide bonds. The van der Waals surface area contributed by atoms with Gasteiger partial charge in [0.25, 0.3) is 0 Å². The molecule has 0 heterocycles. The van der Waals surface area contributed by atoms with Crippen LogP contribution in [0, 0.1) is 6.54 Å². The smallest absolute Gasteiger partial charge is 0.0431 e. The van der Waals surface area contributed by atoms with E-state index in [4.69, 9.17) is 0 Å². The third kappa shape index (κ3) is 1.97. The van der Waals surface area contributed by atoms with Crippen LogP contribution in [0.5, 0.6) is 0 Å². The quantitative estimate of drug-likeness (QED) is 0.695. The van der Waals surface area contributed by atoms with Crippen LogP contribution in [-0.4, -0.2) is 0 Å². The van der Waals surface area contributed by atoms with Gasteiger partial charge in [0.05, 0.1) is 0 Å². The van der Waals surface area contributed by atoms with Crippen molar-refractivity contribution >= 4 is 5.69 Å². The summed E-state index contributed by atoms with van der Waals surface area (Å²) in [6.45, 7) is 6.11. The molecule has 0 aliphatic rings. The van der Waals surface area contributed by atoms with E-state index in [1.807, 2.05) is 19.5 Å². The summed E-state index contributed by atoms with van der Waals surface area (Å²) < 4.78 is 0. The summed E-state index contributed by atoms with van der Waals surface area (Å²) >= 11 is 0. The van der Waals surface area contributed by atoms with Gasteiger partial charge in [-0.15, -0.1) is 0 Å². The van der Waals surface area contributed by atoms with Crippen molar-refractivity contribution in [3.63, 3.8) is 0 Å². The van der Waals surface area contributed by atoms with Crippen molar-refractivity contribution in [1.82, 2.24) is 0 Å². The molecule has 1 N–H and O–H groups in total. The minimum atomic E-state index is 1.08. The Balaban J connectivity index is 2.83. The lowest BCUT2D eigenvalue weighted by Gasteiger charge is -2.07. The van der Waals surface area contributed by atoms with Gasteiger partial charge in [-0.3, -0.25) is 0 Å². The summed E-state index contributed by atoms with van der Waals surface area (Å²) in [5, 5.41) is 3.20. The van der Waals surface area contributed by atoms with Gasteiger partial charge < -0.3 is 5.32 Å². The Bertz CT molecular complexity index is 218. The van der Waals surface area contributed by atoms with Crippen molar-refractivity contribution in [2.75, 3.05) is 5.32 Å². The van der Waals surface area contributed by atoms with Gasteiger partial charge in [-0.2, -0.15) is 0 Å². The summed E-state index contributed by atoms with van der Waals surface area (Å²) in [6.07, 6.45) is 1.08. The second-order valence-electron chi connectivity index (χ2n) is 2.44. The Morgan fingerprint density at radius 3 is 2.73 bits per heavy atom. The molecule has 1 aromatic carbocycles. The molecule has 1 heteroatoms. The van der Waals surface area contributed by atoms with Crippen LogP contribution < -0.4 is 5.32 Å². The van der Waals surface area contributed by atoms with Crippen LogP contribution in [0.1, 0.15) is 19.4 Å². The lowest BCUT2D eigenvalue weighted by Crippen LogP contribution is -1.94. The van der Waals surface area contributed by atoms with E-state index in [-0.39, 0.29) is 0 Å². The molecular formula is C10H14N. The molecule has 0 fully saturated rings. The average molecular weight is 148 g/mol. The molecule has 0 aliphatic heterocycles. The number of hydrogen-bond acceptors (Lipinski definition) is 1. The molecule has 59 valence electrons. The Morgan fingerprint density at radius 1 is 1.36 bits per heavy atom. The molecule has 0 aliphatic carbocycles. The molecule has 1 radical (unpaired) electrons. The highest BCUT2D eigenvalue weighted by molar-refractivity contribution is 5.51. The minimum Gasteiger partial charge on any atom is -0.380 e. The standard InChI is InChI=1S/C10H14N/c1-3-9-7-5-6-8-10(9)11-4-2/h4-8,11H,3H2,1-2H3. The number of benzene rings is 1. The predicted octanol–water partition coefficient (Wildman–Crippen LogP) is 2.84. The second kappa shape index (κ2) is 4.02. The first-order valence-corrected chi connectivity index (χ1v) is 4.00. The Labute approximate surface area is 68.4 Å². The van der Waals surface area contributed by atoms with E-state index in [0.29, 0.717) is 0 Å². The van der Waals surface area contributed by atoms with Gasteiger partial charge in [-0.05, 0) is 25.0 Å². The zero-order chi connectivity index (χ0) is 8.10. The van der Waals surface area contributed by atoms with Gasteiger partial charge in [0.1, 0.15) is 0 Å². The summed E-state index contributed by atoms with van der Waals surface area (Å²) in [5.74, 6) is 0. The van der Waals surface area contributed by atoms with Crippen LogP contribution in [0.2, 0.25) is 0 Å². The van der Waals surface area contributed by atoms with Crippen molar-refractivity contribution in [3.8, 4) is 0 Å². The maximum Gasteiger partial charge on any atom is 0.0431 e. The minimum absolute atomic E-state index is 1.08. The highest BCUT2D eigenvalue weighted by atomic mass is 14.9. The molecule has 0 unspecified atom stereocenters. The van der Waals surface area contributed by atoms with E-state index >= 15 is 0 Å². The highest BCUT2D eigenvalue weighted by Gasteiger charge is 1.95. The van der Waals surface area contributed by atoms with Crippen LogP contribution in [0.25, 0.3) is 0 Å². The number of hydrogen-bond donors (Lipinski definition) is 1. The normalized spacial score (nSPS) is 9.64. The van der Waals surface area contributed by atoms with Crippen LogP contribution in [0.15, 0.2) is 24.3 Å². The van der Waals surface area contributed by atoms with E-state index < -0.39 is 0 Å². The number of anilines is 1. The maximum atomic E-state index is 3.20. The van der Waals surface area contributed by atoms with Gasteiger partial charge in [-0.1, -0.05) is 25.1 Å². The molecule has 1 nitrogen and oxygen atoms in total. The summed E-state index contributed by atoms with van der Waals surface area (Å²) in [7, 11) is 0. The van der Waals surface area contributed by atoms with E-state index in [2.05, 4.69) is 30.4 Å². The van der Waals surface area contributed by atoms with Crippen molar-refractivity contribution in [3.05, 3.63) is 36.4 Å². The maximum absolute atomic E-state index is 3.20. The Morgan fingerprint density at radius 2 is 2.09 bits per heavy atom. The van der Waals surface area contributed by atoms with E-state index in [0.717, 1.165) is 6.42 Å². The number of para-hydroxylation sites is 1. The van der Waals surface area contributed by atoms with Crippen LogP contribution >= 0.6 is 0 Å². The first-order valence-electron chi connectivity index (χ1n) is 4.00. The fourth-order valence-electron chi connectivity index (χ4n) is 1.12. The molecule has 11 heavy (non-hydrogen) atoms. The lowest BCUT2D eigenvalue weighted by molar-refractivity contribution is 1.13. The zero-order valence-corrected chi connectivity index (χ0v) is 7.09. The molecule has 1 rings (SSSR count). The molecule has 0 aromatic heterocycles. The van der Waals surface area contributed by atoms with E-state index in [9.17, 15) is 0 Å². The highest BCUT2D eigenvalue weighted by Crippen LogP contribution is 2.15. The van der Waals surface area contributed by atoms with Gasteiger partial charge in [0, 0.05) is 12.2 Å². The first-order chi connectivity index (χ1) is 5.38. The van der Waals surface area contributed by atoms with Crippen LogP contribution in [0.3, 0.4) is 0 Å². The van der Waals surface area contributed by atoms with Crippen LogP contribution in [0.4, 0.5) is 5.69 Å². The number of aryl methyl sites for hydroxylation is 1. The Hall–Kier alpha value is -0.980. The molecule has 0 spiro atoms. The second-order valence-corrected chi connectivity index (χ2v) is 2.44. The first kappa shape index (κ1) is 8.12. The molecule has 0 atom stereocenters. The van der Waals surface area contributed by atoms with Crippen molar-refractivity contribution in [1.29, 1.82) is 0 Å². The summed E-state index contributed by atoms with van der Waals surface area (Å²) in [5.41, 5.74) is 2.59. The Kier molecular flexibility index (Phi) is 2.96. The van der Waals surface area contributed by atoms with Gasteiger partial charge in [-0.25, -0.2) is 0 Å². The van der Waals surface area contributed by atoms with Gasteiger partial charge in [0.15, 0.2) is 0 Å². The summed E-state index contributed by atoms with van der Waals surface area (Å²) in [4.78, 5) is 0. The van der Waals surface area contributed by atoms with Gasteiger partial charge >= 0.3 is 0 Å². The largest absolute Gasteiger partial charge is 0.380 e. The van der Waals surface area contributed by atoms with Crippen molar-refractivity contribution in [2.24, 2.45) is 0 Å². The van der Waals surface area contributed by atoms with E-state index in [1.165, 1.54) is 11.3 Å². The fraction of sp³-hybridized carbons (Fsp3) is 0.300. The molecule has 0 saturated heterocycles. The third-order valence-electron chi connectivity index (χ3n) is 1.70. The molecule has 0 bridgehead atoms. The molecular weight excluding hydrogens is 134 g/mol. The monoisotopic (exact) mass is 148 g/mol. The third-order valence-corrected chi connectivity index (χ3v) is 1.70. The number of rotatable bonds is 3. The zero-order valence-electron chi connectivity index (χ0n) is 7.09. The lowest BCUT2D eigenvalue weighted by atomic mass is 10.1. The summed E-state index contributed by atoms with van der Waals surface area (Å²) in [6, 6.07) is 8.36. The van der Waals surface area contributed by atoms with Crippen molar-refractivity contribution in [2.45, 2.75) is 20.3 Å². The number of nitrogens with one attached hydrogen (secondary N) is 1. The van der Waals surface area contributed by atoms with Crippen LogP contribution in [-0.2, 0) is 6.42 Å². The van der Waals surface area contributed by atoms with Crippen molar-refractivity contribution < 1.29 is 0 Å². The van der Waals surface area contributed by atoms with E-state index in [1.54, 1.807) is 0 Å².